The second-order valence-corrected chi connectivity index (χ2v) is 6.24. The molecule has 0 aromatic heterocycles. The van der Waals surface area contributed by atoms with Crippen LogP contribution in [0.5, 0.6) is 0 Å². The summed E-state index contributed by atoms with van der Waals surface area (Å²) in [4.78, 5) is 23.9. The van der Waals surface area contributed by atoms with Crippen LogP contribution < -0.4 is 5.32 Å². The second kappa shape index (κ2) is 9.02. The summed E-state index contributed by atoms with van der Waals surface area (Å²) in [6, 6.07) is 7.74. The van der Waals surface area contributed by atoms with Crippen molar-refractivity contribution >= 4 is 39.6 Å². The predicted molar refractivity (Wildman–Crippen MR) is 83.7 cm³/mol. The molecule has 4 nitrogen and oxygen atoms in total. The molecule has 110 valence electrons. The van der Waals surface area contributed by atoms with E-state index in [0.717, 1.165) is 15.8 Å². The number of benzene rings is 1. The summed E-state index contributed by atoms with van der Waals surface area (Å²) in [5.74, 6) is -0.461. The average Bonchev–Trinajstić information content (AvgIpc) is 2.44. The molecule has 0 bridgehead atoms. The van der Waals surface area contributed by atoms with Crippen LogP contribution in [0.2, 0.25) is 0 Å². The van der Waals surface area contributed by atoms with Crippen LogP contribution in [0.25, 0.3) is 0 Å². The molecule has 0 fully saturated rings. The zero-order valence-electron chi connectivity index (χ0n) is 11.5. The normalized spacial score (nSPS) is 11.8. The summed E-state index contributed by atoms with van der Waals surface area (Å²) in [5, 5.41) is 2.74. The number of hydrogen-bond donors (Lipinski definition) is 1. The summed E-state index contributed by atoms with van der Waals surface area (Å²) < 4.78 is 5.91. The number of thioether (sulfide) groups is 1. The number of amides is 1. The first-order valence-corrected chi connectivity index (χ1v) is 8.12. The summed E-state index contributed by atoms with van der Waals surface area (Å²) in [7, 11) is 0. The van der Waals surface area contributed by atoms with Crippen LogP contribution in [0, 0.1) is 0 Å². The van der Waals surface area contributed by atoms with Crippen LogP contribution >= 0.6 is 27.7 Å². The van der Waals surface area contributed by atoms with E-state index < -0.39 is 5.97 Å². The number of ether oxygens (including phenoxy) is 1. The van der Waals surface area contributed by atoms with Gasteiger partial charge in [0.2, 0.25) is 0 Å². The van der Waals surface area contributed by atoms with Crippen LogP contribution in [-0.4, -0.2) is 30.3 Å². The highest BCUT2D eigenvalue weighted by molar-refractivity contribution is 9.10. The van der Waals surface area contributed by atoms with Crippen molar-refractivity contribution in [3.63, 3.8) is 0 Å². The third-order valence-electron chi connectivity index (χ3n) is 2.55. The van der Waals surface area contributed by atoms with Crippen molar-refractivity contribution in [2.45, 2.75) is 31.2 Å². The molecule has 20 heavy (non-hydrogen) atoms. The van der Waals surface area contributed by atoms with E-state index in [2.05, 4.69) is 21.2 Å². The van der Waals surface area contributed by atoms with Gasteiger partial charge >= 0.3 is 5.97 Å². The molecule has 0 aliphatic rings. The number of hydrogen-bond acceptors (Lipinski definition) is 4. The van der Waals surface area contributed by atoms with Gasteiger partial charge in [-0.25, -0.2) is 0 Å². The highest BCUT2D eigenvalue weighted by atomic mass is 79.9. The third kappa shape index (κ3) is 6.96. The molecule has 0 unspecified atom stereocenters. The van der Waals surface area contributed by atoms with E-state index in [0.29, 0.717) is 0 Å². The Kier molecular flexibility index (Phi) is 7.69. The van der Waals surface area contributed by atoms with Gasteiger partial charge in [0.05, 0.1) is 5.75 Å². The first kappa shape index (κ1) is 17.0. The number of halogens is 1. The molecule has 0 aliphatic carbocycles. The van der Waals surface area contributed by atoms with Gasteiger partial charge in [0.1, 0.15) is 0 Å². The number of carbonyl (C=O) groups is 2. The van der Waals surface area contributed by atoms with Crippen molar-refractivity contribution < 1.29 is 14.3 Å². The fourth-order valence-corrected chi connectivity index (χ4v) is 2.24. The van der Waals surface area contributed by atoms with Crippen LogP contribution in [0.4, 0.5) is 0 Å². The molecule has 0 heterocycles. The lowest BCUT2D eigenvalue weighted by atomic mass is 10.2. The summed E-state index contributed by atoms with van der Waals surface area (Å²) in [6.07, 6.45) is 0.846. The Labute approximate surface area is 131 Å². The molecule has 1 rings (SSSR count). The van der Waals surface area contributed by atoms with Gasteiger partial charge in [0, 0.05) is 15.4 Å². The quantitative estimate of drug-likeness (QED) is 0.600. The van der Waals surface area contributed by atoms with Gasteiger partial charge < -0.3 is 10.1 Å². The van der Waals surface area contributed by atoms with E-state index in [9.17, 15) is 9.59 Å². The second-order valence-electron chi connectivity index (χ2n) is 4.28. The minimum absolute atomic E-state index is 0.0957. The Balaban J connectivity index is 2.23. The molecule has 0 saturated heterocycles. The molecule has 0 spiro atoms. The Morgan fingerprint density at radius 2 is 2.00 bits per heavy atom. The largest absolute Gasteiger partial charge is 0.455 e. The Morgan fingerprint density at radius 3 is 2.60 bits per heavy atom. The van der Waals surface area contributed by atoms with E-state index in [1.54, 1.807) is 0 Å². The number of nitrogens with one attached hydrogen (secondary N) is 1. The molecule has 1 aromatic rings. The molecule has 1 N–H and O–H groups in total. The van der Waals surface area contributed by atoms with Crippen molar-refractivity contribution in [1.82, 2.24) is 5.32 Å². The number of carbonyl (C=O) groups excluding carboxylic acids is 2. The highest BCUT2D eigenvalue weighted by Gasteiger charge is 2.09. The van der Waals surface area contributed by atoms with Crippen molar-refractivity contribution in [3.05, 3.63) is 28.7 Å². The van der Waals surface area contributed by atoms with Gasteiger partial charge in [-0.15, -0.1) is 11.8 Å². The van der Waals surface area contributed by atoms with Crippen LogP contribution in [0.15, 0.2) is 33.6 Å². The van der Waals surface area contributed by atoms with Crippen molar-refractivity contribution in [1.29, 1.82) is 0 Å². The molecule has 1 aromatic carbocycles. The number of esters is 1. The fraction of sp³-hybridized carbons (Fsp3) is 0.429. The molecule has 1 atom stereocenters. The monoisotopic (exact) mass is 359 g/mol. The van der Waals surface area contributed by atoms with Gasteiger partial charge in [-0.3, -0.25) is 9.59 Å². The first-order valence-electron chi connectivity index (χ1n) is 6.34. The highest BCUT2D eigenvalue weighted by Crippen LogP contribution is 2.20. The van der Waals surface area contributed by atoms with Crippen molar-refractivity contribution in [2.24, 2.45) is 0 Å². The topological polar surface area (TPSA) is 55.4 Å². The molecule has 0 aliphatic heterocycles. The standard InChI is InChI=1S/C14H18BrNO3S/c1-3-10(2)16-13(17)8-19-14(18)9-20-12-6-4-11(15)5-7-12/h4-7,10H,3,8-9H2,1-2H3,(H,16,17)/t10-/m1/s1. The predicted octanol–water partition coefficient (Wildman–Crippen LogP) is 3.00. The zero-order valence-corrected chi connectivity index (χ0v) is 13.9. The smallest absolute Gasteiger partial charge is 0.316 e. The lowest BCUT2D eigenvalue weighted by Gasteiger charge is -2.11. The van der Waals surface area contributed by atoms with Gasteiger partial charge in [-0.2, -0.15) is 0 Å². The van der Waals surface area contributed by atoms with Crippen LogP contribution in [0.1, 0.15) is 20.3 Å². The molecular weight excluding hydrogens is 342 g/mol. The Bertz CT molecular complexity index is 450. The molecule has 0 radical (unpaired) electrons. The van der Waals surface area contributed by atoms with Gasteiger partial charge in [0.15, 0.2) is 6.61 Å². The molecule has 0 saturated carbocycles. The lowest BCUT2D eigenvalue weighted by Crippen LogP contribution is -2.35. The van der Waals surface area contributed by atoms with E-state index in [1.807, 2.05) is 38.1 Å². The summed E-state index contributed by atoms with van der Waals surface area (Å²) in [5.41, 5.74) is 0. The van der Waals surface area contributed by atoms with E-state index in [4.69, 9.17) is 4.74 Å². The van der Waals surface area contributed by atoms with Gasteiger partial charge in [-0.1, -0.05) is 22.9 Å². The maximum atomic E-state index is 11.5. The third-order valence-corrected chi connectivity index (χ3v) is 4.07. The van der Waals surface area contributed by atoms with E-state index in [-0.39, 0.29) is 24.3 Å². The van der Waals surface area contributed by atoms with Crippen molar-refractivity contribution in [2.75, 3.05) is 12.4 Å². The molecule has 1 amide bonds. The summed E-state index contributed by atoms with van der Waals surface area (Å²) >= 11 is 4.73. The van der Waals surface area contributed by atoms with Gasteiger partial charge in [-0.05, 0) is 37.6 Å². The number of rotatable bonds is 7. The summed E-state index contributed by atoms with van der Waals surface area (Å²) in [6.45, 7) is 3.67. The molecule has 6 heteroatoms. The fourth-order valence-electron chi connectivity index (χ4n) is 1.28. The first-order chi connectivity index (χ1) is 9.51. The Hall–Kier alpha value is -1.01. The van der Waals surface area contributed by atoms with Gasteiger partial charge in [0.25, 0.3) is 5.91 Å². The molecular formula is C14H18BrNO3S. The lowest BCUT2D eigenvalue weighted by molar-refractivity contribution is -0.146. The maximum absolute atomic E-state index is 11.5. The average molecular weight is 360 g/mol. The minimum atomic E-state index is -0.391. The Morgan fingerprint density at radius 1 is 1.35 bits per heavy atom. The van der Waals surface area contributed by atoms with Crippen molar-refractivity contribution in [3.8, 4) is 0 Å². The zero-order chi connectivity index (χ0) is 15.0. The SMILES string of the molecule is CC[C@@H](C)NC(=O)COC(=O)CSc1ccc(Br)cc1. The van der Waals surface area contributed by atoms with Crippen LogP contribution in [0.3, 0.4) is 0 Å². The minimum Gasteiger partial charge on any atom is -0.455 e. The van der Waals surface area contributed by atoms with Crippen LogP contribution in [-0.2, 0) is 14.3 Å². The van der Waals surface area contributed by atoms with E-state index in [1.165, 1.54) is 11.8 Å². The maximum Gasteiger partial charge on any atom is 0.316 e. The van der Waals surface area contributed by atoms with E-state index >= 15 is 0 Å².